The highest BCUT2D eigenvalue weighted by molar-refractivity contribution is 7.90. The van der Waals surface area contributed by atoms with Gasteiger partial charge < -0.3 is 15.3 Å². The minimum Gasteiger partial charge on any atom is -0.506 e. The Morgan fingerprint density at radius 2 is 1.56 bits per heavy atom. The Morgan fingerprint density at radius 3 is 2.19 bits per heavy atom. The van der Waals surface area contributed by atoms with Crippen molar-refractivity contribution in [2.75, 3.05) is 0 Å². The van der Waals surface area contributed by atoms with Crippen LogP contribution in [0, 0.1) is 0 Å². The van der Waals surface area contributed by atoms with E-state index in [0.717, 1.165) is 10.0 Å². The summed E-state index contributed by atoms with van der Waals surface area (Å²) in [6.45, 7) is 0. The molecule has 0 radical (unpaired) electrons. The molecule has 10 heteroatoms. The average Bonchev–Trinajstić information content (AvgIpc) is 3.13. The second-order valence-corrected chi connectivity index (χ2v) is 9.04. The summed E-state index contributed by atoms with van der Waals surface area (Å²) in [6.07, 6.45) is 0. The lowest BCUT2D eigenvalue weighted by molar-refractivity contribution is 0.0693. The molecule has 162 valence electrons. The zero-order valence-electron chi connectivity index (χ0n) is 16.1. The Bertz CT molecular complexity index is 1510. The number of rotatable bonds is 5. The second-order valence-electron chi connectivity index (χ2n) is 6.85. The van der Waals surface area contributed by atoms with Gasteiger partial charge in [-0.3, -0.25) is 0 Å². The van der Waals surface area contributed by atoms with Crippen molar-refractivity contribution in [1.82, 2.24) is 3.97 Å². The number of aromatic carboxylic acids is 2. The summed E-state index contributed by atoms with van der Waals surface area (Å²) in [5, 5.41) is 30.0. The Morgan fingerprint density at radius 1 is 0.875 bits per heavy atom. The molecule has 0 unspecified atom stereocenters. The lowest BCUT2D eigenvalue weighted by Gasteiger charge is -2.15. The van der Waals surface area contributed by atoms with E-state index in [1.165, 1.54) is 12.1 Å². The molecule has 4 rings (SSSR count). The number of fused-ring (bicyclic) bond motifs is 1. The van der Waals surface area contributed by atoms with Crippen molar-refractivity contribution < 1.29 is 33.3 Å². The summed E-state index contributed by atoms with van der Waals surface area (Å²) < 4.78 is 28.4. The van der Waals surface area contributed by atoms with Crippen molar-refractivity contribution >= 4 is 44.5 Å². The van der Waals surface area contributed by atoms with Gasteiger partial charge in [0.1, 0.15) is 10.5 Å². The van der Waals surface area contributed by atoms with Crippen LogP contribution in [0.25, 0.3) is 22.2 Å². The number of hydrogen-bond donors (Lipinski definition) is 3. The normalized spacial score (nSPS) is 11.5. The molecule has 3 aromatic carbocycles. The van der Waals surface area contributed by atoms with Crippen molar-refractivity contribution in [1.29, 1.82) is 0 Å². The number of nitrogens with zero attached hydrogens (tertiary/aromatic N) is 1. The lowest BCUT2D eigenvalue weighted by Crippen LogP contribution is -2.16. The maximum absolute atomic E-state index is 13.7. The molecule has 8 nitrogen and oxygen atoms in total. The molecule has 0 spiro atoms. The molecule has 0 bridgehead atoms. The van der Waals surface area contributed by atoms with E-state index in [9.17, 15) is 33.3 Å². The van der Waals surface area contributed by atoms with Gasteiger partial charge in [-0.05, 0) is 42.0 Å². The molecule has 0 aliphatic heterocycles. The zero-order valence-corrected chi connectivity index (χ0v) is 17.6. The standard InChI is InChI=1S/C22H14ClNO7S/c23-15-6-7-17-13(8-15)10-18(12-4-2-1-3-5-12)24(17)32(30,31)19-11-14(21(26)27)9-16(20(19)25)22(28)29/h1-11,25H,(H,26,27)(H,28,29). The van der Waals surface area contributed by atoms with Crippen LogP contribution in [0.15, 0.2) is 71.6 Å². The largest absolute Gasteiger partial charge is 0.506 e. The highest BCUT2D eigenvalue weighted by Gasteiger charge is 2.30. The number of phenols is 1. The van der Waals surface area contributed by atoms with Crippen LogP contribution in [0.4, 0.5) is 0 Å². The molecule has 1 aromatic heterocycles. The van der Waals surface area contributed by atoms with Crippen molar-refractivity contribution in [2.24, 2.45) is 0 Å². The number of aromatic nitrogens is 1. The molecule has 0 saturated carbocycles. The highest BCUT2D eigenvalue weighted by atomic mass is 35.5. The first-order valence-electron chi connectivity index (χ1n) is 9.07. The quantitative estimate of drug-likeness (QED) is 0.395. The minimum absolute atomic E-state index is 0.213. The molecule has 0 fully saturated rings. The Hall–Kier alpha value is -3.82. The van der Waals surface area contributed by atoms with Crippen LogP contribution in [-0.2, 0) is 10.0 Å². The van der Waals surface area contributed by atoms with Crippen molar-refractivity contribution in [3.8, 4) is 17.0 Å². The van der Waals surface area contributed by atoms with Crippen LogP contribution in [0.1, 0.15) is 20.7 Å². The van der Waals surface area contributed by atoms with Crippen molar-refractivity contribution in [3.05, 3.63) is 82.9 Å². The van der Waals surface area contributed by atoms with E-state index < -0.39 is 43.7 Å². The fraction of sp³-hybridized carbons (Fsp3) is 0. The van der Waals surface area contributed by atoms with Crippen LogP contribution >= 0.6 is 11.6 Å². The topological polar surface area (TPSA) is 134 Å². The number of aromatic hydroxyl groups is 1. The fourth-order valence-corrected chi connectivity index (χ4v) is 5.27. The number of carboxylic acid groups (broad SMARTS) is 2. The van der Waals surface area contributed by atoms with Crippen LogP contribution in [0.3, 0.4) is 0 Å². The molecular weight excluding hydrogens is 458 g/mol. The van der Waals surface area contributed by atoms with Crippen LogP contribution in [-0.4, -0.2) is 39.6 Å². The van der Waals surface area contributed by atoms with Gasteiger partial charge >= 0.3 is 11.9 Å². The van der Waals surface area contributed by atoms with Gasteiger partial charge in [-0.15, -0.1) is 0 Å². The number of halogens is 1. The summed E-state index contributed by atoms with van der Waals surface area (Å²) in [6, 6.07) is 16.1. The van der Waals surface area contributed by atoms with E-state index in [1.807, 2.05) is 0 Å². The van der Waals surface area contributed by atoms with Gasteiger partial charge in [0.2, 0.25) is 0 Å². The third kappa shape index (κ3) is 3.47. The van der Waals surface area contributed by atoms with Gasteiger partial charge in [-0.25, -0.2) is 22.0 Å². The third-order valence-corrected chi connectivity index (χ3v) is 6.84. The molecule has 3 N–H and O–H groups in total. The van der Waals surface area contributed by atoms with E-state index in [1.54, 1.807) is 42.5 Å². The predicted octanol–water partition coefficient (Wildman–Crippen LogP) is 4.30. The maximum atomic E-state index is 13.7. The molecule has 0 amide bonds. The van der Waals surface area contributed by atoms with E-state index in [0.29, 0.717) is 22.0 Å². The van der Waals surface area contributed by atoms with E-state index in [-0.39, 0.29) is 11.2 Å². The van der Waals surface area contributed by atoms with Gasteiger partial charge in [-0.2, -0.15) is 0 Å². The molecule has 1 heterocycles. The van der Waals surface area contributed by atoms with Crippen molar-refractivity contribution in [2.45, 2.75) is 4.90 Å². The zero-order chi connectivity index (χ0) is 23.2. The van der Waals surface area contributed by atoms with Crippen LogP contribution in [0.5, 0.6) is 5.75 Å². The first kappa shape index (κ1) is 21.4. The molecule has 4 aromatic rings. The maximum Gasteiger partial charge on any atom is 0.339 e. The first-order chi connectivity index (χ1) is 15.1. The number of hydrogen-bond acceptors (Lipinski definition) is 5. The summed E-state index contributed by atoms with van der Waals surface area (Å²) in [5.74, 6) is -4.27. The number of benzene rings is 3. The minimum atomic E-state index is -4.66. The molecule has 32 heavy (non-hydrogen) atoms. The van der Waals surface area contributed by atoms with Crippen LogP contribution < -0.4 is 0 Å². The van der Waals surface area contributed by atoms with E-state index in [2.05, 4.69) is 0 Å². The molecular formula is C22H14ClNO7S. The van der Waals surface area contributed by atoms with Gasteiger partial charge in [0.15, 0.2) is 5.75 Å². The van der Waals surface area contributed by atoms with Crippen molar-refractivity contribution in [3.63, 3.8) is 0 Å². The highest BCUT2D eigenvalue weighted by Crippen LogP contribution is 2.37. The molecule has 0 atom stereocenters. The average molecular weight is 472 g/mol. The number of carbonyl (C=O) groups is 2. The molecule has 0 saturated heterocycles. The Kier molecular flexibility index (Phi) is 5.15. The Labute approximate surface area is 186 Å². The van der Waals surface area contributed by atoms with Crippen LogP contribution in [0.2, 0.25) is 5.02 Å². The van der Waals surface area contributed by atoms with E-state index in [4.69, 9.17) is 11.6 Å². The summed E-state index contributed by atoms with van der Waals surface area (Å²) in [7, 11) is -4.66. The Balaban J connectivity index is 2.11. The first-order valence-corrected chi connectivity index (χ1v) is 10.9. The second kappa shape index (κ2) is 7.70. The fourth-order valence-electron chi connectivity index (χ4n) is 3.42. The molecule has 0 aliphatic carbocycles. The SMILES string of the molecule is O=C(O)c1cc(C(=O)O)c(O)c(S(=O)(=O)n2c(-c3ccccc3)cc3cc(Cl)ccc32)c1. The summed E-state index contributed by atoms with van der Waals surface area (Å²) in [5.41, 5.74) is -0.482. The van der Waals surface area contributed by atoms with Gasteiger partial charge in [-0.1, -0.05) is 41.9 Å². The van der Waals surface area contributed by atoms with Gasteiger partial charge in [0.25, 0.3) is 10.0 Å². The smallest absolute Gasteiger partial charge is 0.339 e. The molecule has 0 aliphatic rings. The van der Waals surface area contributed by atoms with E-state index >= 15 is 0 Å². The predicted molar refractivity (Wildman–Crippen MR) is 117 cm³/mol. The van der Waals surface area contributed by atoms with Gasteiger partial charge in [0.05, 0.1) is 16.8 Å². The monoisotopic (exact) mass is 471 g/mol. The number of carboxylic acids is 2. The summed E-state index contributed by atoms with van der Waals surface area (Å²) in [4.78, 5) is 22.2. The lowest BCUT2D eigenvalue weighted by atomic mass is 10.1. The third-order valence-electron chi connectivity index (χ3n) is 4.86. The summed E-state index contributed by atoms with van der Waals surface area (Å²) >= 11 is 6.06. The van der Waals surface area contributed by atoms with Gasteiger partial charge in [0, 0.05) is 10.4 Å².